The molecule has 102 valence electrons. The van der Waals surface area contributed by atoms with Gasteiger partial charge in [-0.05, 0) is 25.0 Å². The lowest BCUT2D eigenvalue weighted by Crippen LogP contribution is -2.47. The summed E-state index contributed by atoms with van der Waals surface area (Å²) in [5, 5.41) is 2.62. The lowest BCUT2D eigenvalue weighted by molar-refractivity contribution is -0.123. The lowest BCUT2D eigenvalue weighted by Gasteiger charge is -2.34. The number of hydrogen-bond acceptors (Lipinski definition) is 2. The Bertz CT molecular complexity index is 498. The number of halogens is 1. The molecule has 5 heteroatoms. The van der Waals surface area contributed by atoms with E-state index in [1.807, 2.05) is 0 Å². The normalized spacial score (nSPS) is 17.7. The van der Waals surface area contributed by atoms with Crippen LogP contribution in [0.4, 0.5) is 10.1 Å². The van der Waals surface area contributed by atoms with Gasteiger partial charge in [-0.1, -0.05) is 43.6 Å². The predicted octanol–water partition coefficient (Wildman–Crippen LogP) is 3.00. The average molecular weight is 280 g/mol. The highest BCUT2D eigenvalue weighted by Gasteiger charge is 2.42. The first-order valence-corrected chi connectivity index (χ1v) is 6.83. The Morgan fingerprint density at radius 1 is 1.26 bits per heavy atom. The maximum atomic E-state index is 13.6. The highest BCUT2D eigenvalue weighted by atomic mass is 32.1. The quantitative estimate of drug-likeness (QED) is 0.837. The monoisotopic (exact) mass is 280 g/mol. The van der Waals surface area contributed by atoms with E-state index in [9.17, 15) is 9.18 Å². The highest BCUT2D eigenvalue weighted by Crippen LogP contribution is 2.38. The topological polar surface area (TPSA) is 55.1 Å². The van der Waals surface area contributed by atoms with Gasteiger partial charge in [-0.2, -0.15) is 0 Å². The van der Waals surface area contributed by atoms with Crippen LogP contribution in [0.15, 0.2) is 24.3 Å². The molecule has 1 aromatic rings. The third-order valence-electron chi connectivity index (χ3n) is 3.74. The van der Waals surface area contributed by atoms with E-state index in [-0.39, 0.29) is 16.6 Å². The number of anilines is 1. The zero-order chi connectivity index (χ0) is 13.9. The molecule has 0 saturated heterocycles. The van der Waals surface area contributed by atoms with Gasteiger partial charge in [0.15, 0.2) is 0 Å². The van der Waals surface area contributed by atoms with Gasteiger partial charge in [-0.25, -0.2) is 4.39 Å². The van der Waals surface area contributed by atoms with Gasteiger partial charge in [-0.15, -0.1) is 0 Å². The minimum Gasteiger partial charge on any atom is -0.392 e. The van der Waals surface area contributed by atoms with E-state index in [0.717, 1.165) is 19.3 Å². The Labute approximate surface area is 117 Å². The van der Waals surface area contributed by atoms with Crippen molar-refractivity contribution in [2.24, 2.45) is 11.1 Å². The zero-order valence-corrected chi connectivity index (χ0v) is 11.4. The van der Waals surface area contributed by atoms with Crippen molar-refractivity contribution in [3.05, 3.63) is 30.1 Å². The second kappa shape index (κ2) is 5.65. The second-order valence-corrected chi connectivity index (χ2v) is 5.38. The molecule has 0 radical (unpaired) electrons. The predicted molar refractivity (Wildman–Crippen MR) is 77.3 cm³/mol. The Hall–Kier alpha value is -1.49. The molecule has 1 fully saturated rings. The average Bonchev–Trinajstić information content (AvgIpc) is 2.42. The van der Waals surface area contributed by atoms with Gasteiger partial charge < -0.3 is 11.1 Å². The molecular formula is C14H17FN2OS. The van der Waals surface area contributed by atoms with Crippen molar-refractivity contribution in [2.45, 2.75) is 32.1 Å². The number of nitrogens with one attached hydrogen (secondary N) is 1. The van der Waals surface area contributed by atoms with Crippen molar-refractivity contribution in [1.82, 2.24) is 0 Å². The van der Waals surface area contributed by atoms with Gasteiger partial charge in [0.1, 0.15) is 5.82 Å². The number of benzene rings is 1. The molecular weight excluding hydrogens is 263 g/mol. The molecule has 2 rings (SSSR count). The fourth-order valence-electron chi connectivity index (χ4n) is 2.55. The van der Waals surface area contributed by atoms with Gasteiger partial charge in [0.25, 0.3) is 0 Å². The van der Waals surface area contributed by atoms with Crippen LogP contribution in [0.5, 0.6) is 0 Å². The molecule has 0 aromatic heterocycles. The summed E-state index contributed by atoms with van der Waals surface area (Å²) >= 11 is 5.08. The molecule has 1 aromatic carbocycles. The van der Waals surface area contributed by atoms with Crippen LogP contribution < -0.4 is 11.1 Å². The fourth-order valence-corrected chi connectivity index (χ4v) is 2.84. The molecule has 0 spiro atoms. The van der Waals surface area contributed by atoms with Crippen LogP contribution in [0, 0.1) is 11.2 Å². The van der Waals surface area contributed by atoms with Crippen molar-refractivity contribution in [3.63, 3.8) is 0 Å². The van der Waals surface area contributed by atoms with Crippen LogP contribution in [0.25, 0.3) is 0 Å². The van der Waals surface area contributed by atoms with Crippen molar-refractivity contribution >= 4 is 28.8 Å². The second-order valence-electron chi connectivity index (χ2n) is 4.94. The van der Waals surface area contributed by atoms with Crippen LogP contribution in [0.1, 0.15) is 32.1 Å². The number of amides is 1. The number of carbonyl (C=O) groups excluding carboxylic acids is 1. The minimum absolute atomic E-state index is 0.175. The van der Waals surface area contributed by atoms with E-state index in [4.69, 9.17) is 18.0 Å². The molecule has 1 saturated carbocycles. The number of rotatable bonds is 3. The van der Waals surface area contributed by atoms with Crippen molar-refractivity contribution < 1.29 is 9.18 Å². The Balaban J connectivity index is 2.21. The summed E-state index contributed by atoms with van der Waals surface area (Å²) in [4.78, 5) is 12.6. The van der Waals surface area contributed by atoms with Crippen LogP contribution in [-0.2, 0) is 4.79 Å². The van der Waals surface area contributed by atoms with Crippen LogP contribution in [0.3, 0.4) is 0 Å². The van der Waals surface area contributed by atoms with Gasteiger partial charge >= 0.3 is 0 Å². The molecule has 0 unspecified atom stereocenters. The first-order chi connectivity index (χ1) is 9.06. The first-order valence-electron chi connectivity index (χ1n) is 6.42. The first kappa shape index (κ1) is 13.9. The third-order valence-corrected chi connectivity index (χ3v) is 4.13. The van der Waals surface area contributed by atoms with Gasteiger partial charge in [-0.3, -0.25) is 4.79 Å². The van der Waals surface area contributed by atoms with Crippen molar-refractivity contribution in [2.75, 3.05) is 5.32 Å². The SMILES string of the molecule is NC(=S)C1(C(=O)Nc2ccccc2F)CCCCC1. The van der Waals surface area contributed by atoms with Gasteiger partial charge in [0.05, 0.1) is 16.1 Å². The van der Waals surface area contributed by atoms with E-state index < -0.39 is 11.2 Å². The summed E-state index contributed by atoms with van der Waals surface area (Å²) in [6.07, 6.45) is 4.20. The highest BCUT2D eigenvalue weighted by molar-refractivity contribution is 7.80. The lowest BCUT2D eigenvalue weighted by atomic mass is 9.73. The van der Waals surface area contributed by atoms with E-state index in [0.29, 0.717) is 12.8 Å². The molecule has 1 aliphatic carbocycles. The number of para-hydroxylation sites is 1. The summed E-state index contributed by atoms with van der Waals surface area (Å²) in [6.45, 7) is 0. The summed E-state index contributed by atoms with van der Waals surface area (Å²) in [6, 6.07) is 6.09. The number of nitrogens with two attached hydrogens (primary N) is 1. The maximum Gasteiger partial charge on any atom is 0.237 e. The Kier molecular flexibility index (Phi) is 4.14. The Morgan fingerprint density at radius 3 is 2.47 bits per heavy atom. The van der Waals surface area contributed by atoms with E-state index in [1.54, 1.807) is 12.1 Å². The van der Waals surface area contributed by atoms with E-state index in [2.05, 4.69) is 5.32 Å². The number of hydrogen-bond donors (Lipinski definition) is 2. The van der Waals surface area contributed by atoms with E-state index in [1.165, 1.54) is 12.1 Å². The van der Waals surface area contributed by atoms with Crippen molar-refractivity contribution in [3.8, 4) is 0 Å². The van der Waals surface area contributed by atoms with Gasteiger partial charge in [0.2, 0.25) is 5.91 Å². The number of thiocarbonyl (C=S) groups is 1. The Morgan fingerprint density at radius 2 is 1.89 bits per heavy atom. The minimum atomic E-state index is -0.824. The molecule has 1 aliphatic rings. The van der Waals surface area contributed by atoms with E-state index >= 15 is 0 Å². The smallest absolute Gasteiger partial charge is 0.237 e. The maximum absolute atomic E-state index is 13.6. The molecule has 3 nitrogen and oxygen atoms in total. The largest absolute Gasteiger partial charge is 0.392 e. The molecule has 0 bridgehead atoms. The molecule has 3 N–H and O–H groups in total. The third kappa shape index (κ3) is 2.76. The van der Waals surface area contributed by atoms with Crippen LogP contribution >= 0.6 is 12.2 Å². The molecule has 0 heterocycles. The standard InChI is InChI=1S/C14H17FN2OS/c15-10-6-2-3-7-11(10)17-13(18)14(12(16)19)8-4-1-5-9-14/h2-3,6-7H,1,4-5,8-9H2,(H2,16,19)(H,17,18). The fraction of sp³-hybridized carbons (Fsp3) is 0.429. The summed E-state index contributed by atoms with van der Waals surface area (Å²) in [7, 11) is 0. The number of carbonyl (C=O) groups is 1. The molecule has 0 aliphatic heterocycles. The zero-order valence-electron chi connectivity index (χ0n) is 10.6. The van der Waals surface area contributed by atoms with Crippen molar-refractivity contribution in [1.29, 1.82) is 0 Å². The molecule has 19 heavy (non-hydrogen) atoms. The molecule has 0 atom stereocenters. The summed E-state index contributed by atoms with van der Waals surface area (Å²) in [5.41, 5.74) is 5.12. The van der Waals surface area contributed by atoms with Crippen LogP contribution in [-0.4, -0.2) is 10.9 Å². The van der Waals surface area contributed by atoms with Crippen LogP contribution in [0.2, 0.25) is 0 Å². The summed E-state index contributed by atoms with van der Waals surface area (Å²) in [5.74, 6) is -0.741. The summed E-state index contributed by atoms with van der Waals surface area (Å²) < 4.78 is 13.6. The van der Waals surface area contributed by atoms with Gasteiger partial charge in [0, 0.05) is 0 Å². The molecule has 1 amide bonds.